The summed E-state index contributed by atoms with van der Waals surface area (Å²) < 4.78 is 0. The molecule has 0 bridgehead atoms. The number of carbonyl (C=O) groups is 2. The Hall–Kier alpha value is -0.900. The molecule has 0 spiro atoms. The number of hydrogen-bond acceptors (Lipinski definition) is 3. The smallest absolute Gasteiger partial charge is 0.224 e. The van der Waals surface area contributed by atoms with E-state index < -0.39 is 0 Å². The average Bonchev–Trinajstić information content (AvgIpc) is 2.28. The van der Waals surface area contributed by atoms with E-state index in [4.69, 9.17) is 0 Å². The topological polar surface area (TPSA) is 49.4 Å². The van der Waals surface area contributed by atoms with E-state index >= 15 is 0 Å². The molecule has 16 heavy (non-hydrogen) atoms. The molecule has 1 fully saturated rings. The van der Waals surface area contributed by atoms with Gasteiger partial charge in [-0.3, -0.25) is 14.5 Å². The normalized spacial score (nSPS) is 21.8. The highest BCUT2D eigenvalue weighted by molar-refractivity contribution is 5.81. The molecule has 92 valence electrons. The first-order valence-electron chi connectivity index (χ1n) is 6.13. The Morgan fingerprint density at radius 1 is 1.44 bits per heavy atom. The lowest BCUT2D eigenvalue weighted by atomic mass is 9.97. The van der Waals surface area contributed by atoms with Gasteiger partial charge in [0.2, 0.25) is 5.91 Å². The van der Waals surface area contributed by atoms with E-state index in [0.29, 0.717) is 18.7 Å². The van der Waals surface area contributed by atoms with Crippen LogP contribution in [0.1, 0.15) is 32.6 Å². The molecule has 1 unspecified atom stereocenters. The summed E-state index contributed by atoms with van der Waals surface area (Å²) in [5, 5.41) is 2.68. The zero-order chi connectivity index (χ0) is 12.0. The Labute approximate surface area is 97.4 Å². The molecule has 1 amide bonds. The van der Waals surface area contributed by atoms with Crippen molar-refractivity contribution in [1.29, 1.82) is 0 Å². The Bertz CT molecular complexity index is 253. The third kappa shape index (κ3) is 3.93. The molecule has 0 radical (unpaired) electrons. The van der Waals surface area contributed by atoms with E-state index in [9.17, 15) is 9.59 Å². The summed E-state index contributed by atoms with van der Waals surface area (Å²) in [7, 11) is 1.67. The van der Waals surface area contributed by atoms with Gasteiger partial charge in [0, 0.05) is 20.0 Å². The number of rotatable bonds is 5. The number of Topliss-reactive ketones (excluding diaryl/α,β-unsaturated/α-hetero) is 1. The average molecular weight is 226 g/mol. The van der Waals surface area contributed by atoms with Gasteiger partial charge < -0.3 is 5.32 Å². The van der Waals surface area contributed by atoms with Gasteiger partial charge in [0.15, 0.2) is 0 Å². The number of hydrogen-bond donors (Lipinski definition) is 1. The van der Waals surface area contributed by atoms with Gasteiger partial charge in [0.1, 0.15) is 5.78 Å². The molecule has 4 heteroatoms. The minimum atomic E-state index is 0.0631. The summed E-state index contributed by atoms with van der Waals surface area (Å²) in [4.78, 5) is 25.1. The minimum Gasteiger partial charge on any atom is -0.359 e. The van der Waals surface area contributed by atoms with Crippen molar-refractivity contribution in [2.45, 2.75) is 32.6 Å². The van der Waals surface area contributed by atoms with Crippen LogP contribution in [0.5, 0.6) is 0 Å². The number of nitrogens with one attached hydrogen (secondary N) is 1. The van der Waals surface area contributed by atoms with Crippen LogP contribution in [0.25, 0.3) is 0 Å². The van der Waals surface area contributed by atoms with Crippen LogP contribution in [0.4, 0.5) is 0 Å². The second-order valence-corrected chi connectivity index (χ2v) is 4.48. The van der Waals surface area contributed by atoms with E-state index in [0.717, 1.165) is 32.4 Å². The van der Waals surface area contributed by atoms with Gasteiger partial charge in [-0.05, 0) is 25.8 Å². The summed E-state index contributed by atoms with van der Waals surface area (Å²) in [6.07, 6.45) is 3.52. The summed E-state index contributed by atoms with van der Waals surface area (Å²) in [5.41, 5.74) is 0. The number of likely N-dealkylation sites (tertiary alicyclic amines) is 1. The number of piperidine rings is 1. The molecule has 0 saturated carbocycles. The number of ketones is 1. The van der Waals surface area contributed by atoms with Crippen molar-refractivity contribution in [2.75, 3.05) is 26.7 Å². The van der Waals surface area contributed by atoms with Crippen molar-refractivity contribution in [1.82, 2.24) is 10.2 Å². The zero-order valence-electron chi connectivity index (χ0n) is 10.3. The second-order valence-electron chi connectivity index (χ2n) is 4.48. The highest BCUT2D eigenvalue weighted by Gasteiger charge is 2.25. The molecule has 1 rings (SSSR count). The van der Waals surface area contributed by atoms with Gasteiger partial charge in [-0.25, -0.2) is 0 Å². The Morgan fingerprint density at radius 3 is 2.81 bits per heavy atom. The molecule has 1 heterocycles. The molecule has 0 aromatic rings. The fourth-order valence-corrected chi connectivity index (χ4v) is 2.22. The minimum absolute atomic E-state index is 0.0631. The van der Waals surface area contributed by atoms with Crippen LogP contribution in [0, 0.1) is 5.92 Å². The van der Waals surface area contributed by atoms with Gasteiger partial charge in [0.25, 0.3) is 0 Å². The molecule has 1 aliphatic heterocycles. The van der Waals surface area contributed by atoms with E-state index in [1.54, 1.807) is 7.05 Å². The van der Waals surface area contributed by atoms with Crippen molar-refractivity contribution in [3.8, 4) is 0 Å². The van der Waals surface area contributed by atoms with Crippen LogP contribution in [0.15, 0.2) is 0 Å². The fourth-order valence-electron chi connectivity index (χ4n) is 2.22. The number of amides is 1. The zero-order valence-corrected chi connectivity index (χ0v) is 10.3. The van der Waals surface area contributed by atoms with E-state index in [2.05, 4.69) is 10.2 Å². The maximum absolute atomic E-state index is 11.5. The molecule has 0 aromatic heterocycles. The quantitative estimate of drug-likeness (QED) is 0.755. The maximum atomic E-state index is 11.5. The Kier molecular flexibility index (Phi) is 5.46. The lowest BCUT2D eigenvalue weighted by Gasteiger charge is -2.31. The van der Waals surface area contributed by atoms with Crippen molar-refractivity contribution >= 4 is 11.7 Å². The third-order valence-electron chi connectivity index (χ3n) is 3.05. The van der Waals surface area contributed by atoms with Crippen LogP contribution in [-0.2, 0) is 9.59 Å². The first kappa shape index (κ1) is 13.2. The Morgan fingerprint density at radius 2 is 2.19 bits per heavy atom. The van der Waals surface area contributed by atoms with Gasteiger partial charge >= 0.3 is 0 Å². The lowest BCUT2D eigenvalue weighted by Crippen LogP contribution is -2.43. The second kappa shape index (κ2) is 6.63. The summed E-state index contributed by atoms with van der Waals surface area (Å²) in [6, 6.07) is 0. The van der Waals surface area contributed by atoms with Crippen LogP contribution in [0.3, 0.4) is 0 Å². The van der Waals surface area contributed by atoms with Gasteiger partial charge in [0.05, 0.1) is 12.5 Å². The predicted octanol–water partition coefficient (Wildman–Crippen LogP) is 0.814. The van der Waals surface area contributed by atoms with Crippen molar-refractivity contribution in [3.05, 3.63) is 0 Å². The molecule has 1 aliphatic rings. The molecular formula is C12H22N2O2. The molecule has 0 aliphatic carbocycles. The van der Waals surface area contributed by atoms with Crippen molar-refractivity contribution in [2.24, 2.45) is 5.92 Å². The van der Waals surface area contributed by atoms with Gasteiger partial charge in [-0.1, -0.05) is 6.92 Å². The standard InChI is InChI=1S/C12H22N2O2/c1-3-5-11(15)9-14-7-4-6-10(8-14)12(16)13-2/h10H,3-9H2,1-2H3,(H,13,16). The maximum Gasteiger partial charge on any atom is 0.224 e. The highest BCUT2D eigenvalue weighted by Crippen LogP contribution is 2.16. The summed E-state index contributed by atoms with van der Waals surface area (Å²) in [6.45, 7) is 4.21. The summed E-state index contributed by atoms with van der Waals surface area (Å²) in [5.74, 6) is 0.459. The molecule has 1 atom stereocenters. The van der Waals surface area contributed by atoms with Gasteiger partial charge in [-0.15, -0.1) is 0 Å². The highest BCUT2D eigenvalue weighted by atomic mass is 16.2. The monoisotopic (exact) mass is 226 g/mol. The fraction of sp³-hybridized carbons (Fsp3) is 0.833. The van der Waals surface area contributed by atoms with Crippen LogP contribution in [-0.4, -0.2) is 43.3 Å². The number of carbonyl (C=O) groups excluding carboxylic acids is 2. The largest absolute Gasteiger partial charge is 0.359 e. The van der Waals surface area contributed by atoms with E-state index in [-0.39, 0.29) is 11.8 Å². The molecule has 1 N–H and O–H groups in total. The lowest BCUT2D eigenvalue weighted by molar-refractivity contribution is -0.128. The third-order valence-corrected chi connectivity index (χ3v) is 3.05. The van der Waals surface area contributed by atoms with Gasteiger partial charge in [-0.2, -0.15) is 0 Å². The predicted molar refractivity (Wildman–Crippen MR) is 63.1 cm³/mol. The van der Waals surface area contributed by atoms with Crippen LogP contribution < -0.4 is 5.32 Å². The van der Waals surface area contributed by atoms with E-state index in [1.807, 2.05) is 6.92 Å². The number of nitrogens with zero attached hydrogens (tertiary/aromatic N) is 1. The molecule has 1 saturated heterocycles. The van der Waals surface area contributed by atoms with Crippen LogP contribution >= 0.6 is 0 Å². The Balaban J connectivity index is 2.38. The van der Waals surface area contributed by atoms with E-state index in [1.165, 1.54) is 0 Å². The SMILES string of the molecule is CCCC(=O)CN1CCCC(C(=O)NC)C1. The first-order valence-corrected chi connectivity index (χ1v) is 6.13. The van der Waals surface area contributed by atoms with Crippen LogP contribution in [0.2, 0.25) is 0 Å². The molecule has 4 nitrogen and oxygen atoms in total. The molecular weight excluding hydrogens is 204 g/mol. The molecule has 0 aromatic carbocycles. The first-order chi connectivity index (χ1) is 7.67. The summed E-state index contributed by atoms with van der Waals surface area (Å²) >= 11 is 0. The van der Waals surface area contributed by atoms with Crippen molar-refractivity contribution < 1.29 is 9.59 Å². The van der Waals surface area contributed by atoms with Crippen molar-refractivity contribution in [3.63, 3.8) is 0 Å².